The molecule has 1 aromatic heterocycles. The molecule has 1 heterocycles. The second kappa shape index (κ2) is 11.2. The van der Waals surface area contributed by atoms with E-state index >= 15 is 0 Å². The molecule has 0 saturated heterocycles. The van der Waals surface area contributed by atoms with Crippen molar-refractivity contribution >= 4 is 50.2 Å². The van der Waals surface area contributed by atoms with E-state index in [2.05, 4.69) is 26.3 Å². The number of aromatic nitrogens is 1. The molecule has 5 nitrogen and oxygen atoms in total. The number of alkyl halides is 3. The summed E-state index contributed by atoms with van der Waals surface area (Å²) in [6.45, 7) is 0. The average Bonchev–Trinajstić information content (AvgIpc) is 3.26. The van der Waals surface area contributed by atoms with Crippen LogP contribution in [-0.2, 0) is 5.75 Å². The largest absolute Gasteiger partial charge is 0.573 e. The Morgan fingerprint density at radius 2 is 1.74 bits per heavy atom. The van der Waals surface area contributed by atoms with Gasteiger partial charge in [-0.3, -0.25) is 4.79 Å². The van der Waals surface area contributed by atoms with Gasteiger partial charge in [0.15, 0.2) is 0 Å². The van der Waals surface area contributed by atoms with Gasteiger partial charge in [-0.2, -0.15) is 0 Å². The van der Waals surface area contributed by atoms with E-state index in [0.717, 1.165) is 22.5 Å². The van der Waals surface area contributed by atoms with Crippen molar-refractivity contribution in [3.8, 4) is 17.6 Å². The smallest absolute Gasteiger partial charge is 0.405 e. The van der Waals surface area contributed by atoms with Crippen LogP contribution < -0.4 is 9.46 Å². The summed E-state index contributed by atoms with van der Waals surface area (Å²) in [5.41, 5.74) is 2.18. The van der Waals surface area contributed by atoms with Gasteiger partial charge < -0.3 is 19.5 Å². The SMILES string of the molecule is CS(CO)(Cc1c[nH]c2ccccc12)NC(=O)c1cc(C#Cc2ccc(Cl)c(Cl)c2)ccc1OC(F)(F)F. The number of benzene rings is 3. The van der Waals surface area contributed by atoms with Gasteiger partial charge >= 0.3 is 6.36 Å². The van der Waals surface area contributed by atoms with E-state index < -0.39 is 28.2 Å². The van der Waals surface area contributed by atoms with E-state index in [-0.39, 0.29) is 17.1 Å². The number of aliphatic hydroxyl groups excluding tert-OH is 1. The van der Waals surface area contributed by atoms with Crippen LogP contribution in [0, 0.1) is 11.8 Å². The third-order valence-electron chi connectivity index (χ3n) is 5.49. The Balaban J connectivity index is 1.64. The Kier molecular flexibility index (Phi) is 8.19. The molecule has 0 bridgehead atoms. The zero-order chi connectivity index (χ0) is 27.5. The van der Waals surface area contributed by atoms with Gasteiger partial charge in [0.2, 0.25) is 0 Å². The molecular formula is C27H21Cl2F3N2O3S. The highest BCUT2D eigenvalue weighted by molar-refractivity contribution is 8.31. The van der Waals surface area contributed by atoms with Gasteiger partial charge in [0, 0.05) is 34.0 Å². The number of hydrogen-bond donors (Lipinski definition) is 3. The molecule has 3 N–H and O–H groups in total. The van der Waals surface area contributed by atoms with E-state index in [1.54, 1.807) is 30.7 Å². The van der Waals surface area contributed by atoms with E-state index in [1.165, 1.54) is 12.1 Å². The predicted molar refractivity (Wildman–Crippen MR) is 146 cm³/mol. The summed E-state index contributed by atoms with van der Waals surface area (Å²) in [6, 6.07) is 15.9. The van der Waals surface area contributed by atoms with Crippen molar-refractivity contribution in [3.63, 3.8) is 0 Å². The van der Waals surface area contributed by atoms with E-state index in [1.807, 2.05) is 24.3 Å². The summed E-state index contributed by atoms with van der Waals surface area (Å²) >= 11 is 11.9. The molecule has 198 valence electrons. The number of carbonyl (C=O) groups excluding carboxylic acids is 1. The highest BCUT2D eigenvalue weighted by Gasteiger charge is 2.34. The Hall–Kier alpha value is -3.29. The highest BCUT2D eigenvalue weighted by Crippen LogP contribution is 2.44. The maximum atomic E-state index is 13.3. The highest BCUT2D eigenvalue weighted by atomic mass is 35.5. The number of rotatable bonds is 6. The maximum absolute atomic E-state index is 13.3. The van der Waals surface area contributed by atoms with Crippen LogP contribution in [0.3, 0.4) is 0 Å². The average molecular weight is 581 g/mol. The Morgan fingerprint density at radius 3 is 2.42 bits per heavy atom. The first-order chi connectivity index (χ1) is 18.0. The first-order valence-corrected chi connectivity index (χ1v) is 14.2. The van der Waals surface area contributed by atoms with E-state index in [9.17, 15) is 23.1 Å². The number of H-pyrrole nitrogens is 1. The zero-order valence-electron chi connectivity index (χ0n) is 19.8. The van der Waals surface area contributed by atoms with Crippen LogP contribution in [0.15, 0.2) is 66.9 Å². The summed E-state index contributed by atoms with van der Waals surface area (Å²) in [5, 5.41) is 11.8. The number of hydrogen-bond acceptors (Lipinski definition) is 3. The maximum Gasteiger partial charge on any atom is 0.573 e. The fraction of sp³-hybridized carbons (Fsp3) is 0.148. The molecule has 1 atom stereocenters. The van der Waals surface area contributed by atoms with Crippen molar-refractivity contribution in [1.82, 2.24) is 9.71 Å². The third-order valence-corrected chi connectivity index (χ3v) is 8.43. The van der Waals surface area contributed by atoms with Crippen LogP contribution in [0.25, 0.3) is 10.9 Å². The Morgan fingerprint density at radius 1 is 1.05 bits per heavy atom. The molecule has 1 unspecified atom stereocenters. The minimum absolute atomic E-state index is 0.271. The molecule has 38 heavy (non-hydrogen) atoms. The van der Waals surface area contributed by atoms with Crippen LogP contribution in [0.1, 0.15) is 27.0 Å². The third kappa shape index (κ3) is 6.77. The van der Waals surface area contributed by atoms with Gasteiger partial charge in [-0.15, -0.1) is 23.4 Å². The van der Waals surface area contributed by atoms with Crippen molar-refractivity contribution < 1.29 is 27.8 Å². The molecule has 4 rings (SSSR count). The molecule has 11 heteroatoms. The predicted octanol–water partition coefficient (Wildman–Crippen LogP) is 7.00. The number of carbonyl (C=O) groups is 1. The normalized spacial score (nSPS) is 13.8. The number of aromatic amines is 1. The summed E-state index contributed by atoms with van der Waals surface area (Å²) < 4.78 is 46.1. The molecule has 0 fully saturated rings. The molecule has 3 aromatic carbocycles. The van der Waals surface area contributed by atoms with E-state index in [0.29, 0.717) is 21.4 Å². The molecular weight excluding hydrogens is 560 g/mol. The monoisotopic (exact) mass is 580 g/mol. The molecule has 0 saturated carbocycles. The number of para-hydroxylation sites is 1. The molecule has 0 aliphatic carbocycles. The molecule has 1 amide bonds. The number of amides is 1. The second-order valence-corrected chi connectivity index (χ2v) is 12.6. The number of ether oxygens (including phenoxy) is 1. The molecule has 4 aromatic rings. The summed E-state index contributed by atoms with van der Waals surface area (Å²) in [4.78, 5) is 16.4. The number of halogens is 5. The van der Waals surface area contributed by atoms with Gasteiger partial charge in [0.25, 0.3) is 5.91 Å². The Labute approximate surface area is 228 Å². The lowest BCUT2D eigenvalue weighted by molar-refractivity contribution is -0.274. The minimum atomic E-state index is -5.01. The lowest BCUT2D eigenvalue weighted by atomic mass is 10.1. The van der Waals surface area contributed by atoms with Crippen molar-refractivity contribution in [3.05, 3.63) is 99.2 Å². The van der Waals surface area contributed by atoms with Gasteiger partial charge in [-0.05, 0) is 54.3 Å². The lowest BCUT2D eigenvalue weighted by Crippen LogP contribution is -2.31. The van der Waals surface area contributed by atoms with Gasteiger partial charge in [0.05, 0.1) is 21.5 Å². The van der Waals surface area contributed by atoms with Gasteiger partial charge in [0.1, 0.15) is 5.75 Å². The first kappa shape index (κ1) is 27.7. The lowest BCUT2D eigenvalue weighted by Gasteiger charge is -2.34. The number of nitrogens with one attached hydrogen (secondary N) is 2. The topological polar surface area (TPSA) is 74.4 Å². The van der Waals surface area contributed by atoms with Crippen LogP contribution in [-0.4, -0.2) is 34.6 Å². The van der Waals surface area contributed by atoms with E-state index in [4.69, 9.17) is 23.2 Å². The van der Waals surface area contributed by atoms with Crippen molar-refractivity contribution in [1.29, 1.82) is 0 Å². The molecule has 0 radical (unpaired) electrons. The fourth-order valence-electron chi connectivity index (χ4n) is 3.70. The van der Waals surface area contributed by atoms with Gasteiger partial charge in [-0.25, -0.2) is 0 Å². The molecule has 0 aliphatic heterocycles. The summed E-state index contributed by atoms with van der Waals surface area (Å²) in [6.07, 6.45) is -1.54. The zero-order valence-corrected chi connectivity index (χ0v) is 22.2. The molecule has 0 spiro atoms. The summed E-state index contributed by atoms with van der Waals surface area (Å²) in [7, 11) is -2.24. The van der Waals surface area contributed by atoms with Crippen LogP contribution in [0.2, 0.25) is 10.0 Å². The van der Waals surface area contributed by atoms with Crippen LogP contribution >= 0.6 is 33.4 Å². The van der Waals surface area contributed by atoms with Crippen LogP contribution in [0.4, 0.5) is 13.2 Å². The fourth-order valence-corrected chi connectivity index (χ4v) is 5.71. The minimum Gasteiger partial charge on any atom is -0.405 e. The molecule has 0 aliphatic rings. The Bertz CT molecular complexity index is 1560. The van der Waals surface area contributed by atoms with Crippen LogP contribution in [0.5, 0.6) is 5.75 Å². The van der Waals surface area contributed by atoms with Crippen molar-refractivity contribution in [2.24, 2.45) is 0 Å². The summed E-state index contributed by atoms with van der Waals surface area (Å²) in [5.74, 6) is 4.06. The van der Waals surface area contributed by atoms with Crippen molar-refractivity contribution in [2.45, 2.75) is 12.1 Å². The number of aliphatic hydroxyl groups is 1. The van der Waals surface area contributed by atoms with Crippen molar-refractivity contribution in [2.75, 3.05) is 12.2 Å². The quantitative estimate of drug-likeness (QED) is 0.215. The van der Waals surface area contributed by atoms with Gasteiger partial charge in [-0.1, -0.05) is 53.2 Å². The second-order valence-electron chi connectivity index (χ2n) is 8.48. The first-order valence-electron chi connectivity index (χ1n) is 11.0. The number of fused-ring (bicyclic) bond motifs is 1. The standard InChI is InChI=1S/C27H21Cl2F3N2O3S/c1-38(16-35,15-19-14-33-24-5-3-2-4-20(19)24)34-26(36)21-12-17(9-11-25(21)37-27(30,31)32)6-7-18-8-10-22(28)23(29)13-18/h2-5,8-14,33,35H,15-16H2,1H3,(H,34,36).